The SMILES string of the molecule is C=C/C(=C\C(=C)C)C(C)(C)c1cccc(C)c1.C=C/C=C(\C(=C)C)C(C)(C)c1ccccc1C.Cc1ccc(C(C)(C)c2ccc(C)cc2)cc1. The second-order valence-corrected chi connectivity index (χ2v) is 15.5. The second kappa shape index (κ2) is 18.5. The van der Waals surface area contributed by atoms with E-state index in [9.17, 15) is 0 Å². The monoisotopic (exact) mass is 677 g/mol. The molecule has 51 heavy (non-hydrogen) atoms. The summed E-state index contributed by atoms with van der Waals surface area (Å²) in [5.74, 6) is 0. The van der Waals surface area contributed by atoms with Gasteiger partial charge in [0.1, 0.15) is 0 Å². The molecule has 0 heterocycles. The zero-order valence-corrected chi connectivity index (χ0v) is 33.9. The predicted octanol–water partition coefficient (Wildman–Crippen LogP) is 14.6. The Morgan fingerprint density at radius 1 is 0.569 bits per heavy atom. The highest BCUT2D eigenvalue weighted by molar-refractivity contribution is 5.48. The summed E-state index contributed by atoms with van der Waals surface area (Å²) in [4.78, 5) is 0. The highest BCUT2D eigenvalue weighted by Gasteiger charge is 2.27. The zero-order valence-electron chi connectivity index (χ0n) is 33.9. The lowest BCUT2D eigenvalue weighted by molar-refractivity contribution is 0.626. The molecule has 268 valence electrons. The van der Waals surface area contributed by atoms with Crippen molar-refractivity contribution in [2.45, 2.75) is 99.3 Å². The Labute approximate surface area is 312 Å². The fourth-order valence-corrected chi connectivity index (χ4v) is 6.49. The van der Waals surface area contributed by atoms with Gasteiger partial charge in [0.25, 0.3) is 0 Å². The molecule has 0 aliphatic heterocycles. The number of rotatable bonds is 10. The van der Waals surface area contributed by atoms with E-state index in [1.54, 1.807) is 0 Å². The van der Waals surface area contributed by atoms with E-state index in [0.29, 0.717) is 0 Å². The zero-order chi connectivity index (χ0) is 38.6. The van der Waals surface area contributed by atoms with E-state index in [2.05, 4.69) is 212 Å². The van der Waals surface area contributed by atoms with Crippen LogP contribution in [0.2, 0.25) is 0 Å². The maximum atomic E-state index is 4.08. The lowest BCUT2D eigenvalue weighted by Gasteiger charge is -2.30. The van der Waals surface area contributed by atoms with Crippen LogP contribution in [-0.2, 0) is 16.2 Å². The van der Waals surface area contributed by atoms with Crippen LogP contribution in [0.15, 0.2) is 170 Å². The van der Waals surface area contributed by atoms with E-state index >= 15 is 0 Å². The molecule has 0 N–H and O–H groups in total. The van der Waals surface area contributed by atoms with Gasteiger partial charge < -0.3 is 0 Å². The average Bonchev–Trinajstić information content (AvgIpc) is 3.07. The summed E-state index contributed by atoms with van der Waals surface area (Å²) in [7, 11) is 0. The Morgan fingerprint density at radius 3 is 1.49 bits per heavy atom. The van der Waals surface area contributed by atoms with Crippen LogP contribution in [0.3, 0.4) is 0 Å². The Balaban J connectivity index is 0.000000265. The molecule has 0 aromatic heterocycles. The van der Waals surface area contributed by atoms with Crippen molar-refractivity contribution in [2.24, 2.45) is 0 Å². The van der Waals surface area contributed by atoms with Crippen LogP contribution in [0.25, 0.3) is 0 Å². The first-order chi connectivity index (χ1) is 23.8. The van der Waals surface area contributed by atoms with E-state index in [1.807, 2.05) is 19.1 Å². The number of allylic oxidation sites excluding steroid dienone is 8. The summed E-state index contributed by atoms with van der Waals surface area (Å²) < 4.78 is 0. The predicted molar refractivity (Wildman–Crippen MR) is 229 cm³/mol. The van der Waals surface area contributed by atoms with E-state index in [4.69, 9.17) is 0 Å². The van der Waals surface area contributed by atoms with Gasteiger partial charge in [-0.1, -0.05) is 217 Å². The first-order valence-corrected chi connectivity index (χ1v) is 18.1. The maximum Gasteiger partial charge on any atom is 0.0151 e. The molecule has 0 aliphatic carbocycles. The van der Waals surface area contributed by atoms with Gasteiger partial charge >= 0.3 is 0 Å². The number of hydrogen-bond acceptors (Lipinski definition) is 0. The van der Waals surface area contributed by atoms with Gasteiger partial charge in [0, 0.05) is 16.2 Å². The molecule has 4 aromatic rings. The molecule has 0 bridgehead atoms. The van der Waals surface area contributed by atoms with Crippen LogP contribution < -0.4 is 0 Å². The van der Waals surface area contributed by atoms with Crippen molar-refractivity contribution in [3.8, 4) is 0 Å². The molecule has 0 aliphatic rings. The average molecular weight is 677 g/mol. The van der Waals surface area contributed by atoms with Crippen molar-refractivity contribution >= 4 is 0 Å². The summed E-state index contributed by atoms with van der Waals surface area (Å²) in [5, 5.41) is 0. The molecule has 4 rings (SSSR count). The standard InChI is InChI=1S/C17H20.2C17H22/c1-13-5-9-15(10-6-13)17(3,4)16-11-7-14(2)8-12-16;1-7-15(11-13(2)3)17(5,6)16-10-8-9-14(4)12-16;1-7-10-15(13(2)3)17(5,6)16-12-9-8-11-14(16)4/h5-12H,1-4H3;2*7-12H,1-2H2,3-6H3/b;15-11+;15-10+. The molecule has 0 saturated heterocycles. The number of hydrogen-bond donors (Lipinski definition) is 0. The summed E-state index contributed by atoms with van der Waals surface area (Å²) in [6.45, 7) is 41.8. The minimum atomic E-state index is -0.0363. The highest BCUT2D eigenvalue weighted by Crippen LogP contribution is 2.37. The molecular formula is C51H64. The Hall–Kier alpha value is -4.68. The van der Waals surface area contributed by atoms with Crippen LogP contribution in [-0.4, -0.2) is 0 Å². The van der Waals surface area contributed by atoms with Crippen LogP contribution in [0.5, 0.6) is 0 Å². The first kappa shape index (κ1) is 42.5. The van der Waals surface area contributed by atoms with Gasteiger partial charge in [-0.2, -0.15) is 0 Å². The Morgan fingerprint density at radius 2 is 1.08 bits per heavy atom. The normalized spacial score (nSPS) is 12.1. The Kier molecular flexibility index (Phi) is 15.4. The molecule has 0 nitrogen and oxygen atoms in total. The summed E-state index contributed by atoms with van der Waals surface area (Å²) in [6, 6.07) is 34.8. The molecular weight excluding hydrogens is 613 g/mol. The minimum Gasteiger partial charge on any atom is -0.0991 e. The van der Waals surface area contributed by atoms with Gasteiger partial charge in [-0.25, -0.2) is 0 Å². The van der Waals surface area contributed by atoms with Crippen LogP contribution in [0.1, 0.15) is 99.9 Å². The van der Waals surface area contributed by atoms with Gasteiger partial charge in [0.05, 0.1) is 0 Å². The largest absolute Gasteiger partial charge is 0.0991 e. The maximum absolute atomic E-state index is 4.08. The fraction of sp³-hybridized carbons (Fsp3) is 0.294. The number of benzene rings is 4. The third-order valence-electron chi connectivity index (χ3n) is 9.87. The third kappa shape index (κ3) is 11.7. The van der Waals surface area contributed by atoms with Crippen molar-refractivity contribution in [2.75, 3.05) is 0 Å². The van der Waals surface area contributed by atoms with Crippen molar-refractivity contribution in [1.82, 2.24) is 0 Å². The van der Waals surface area contributed by atoms with Gasteiger partial charge in [-0.15, -0.1) is 0 Å². The van der Waals surface area contributed by atoms with Crippen molar-refractivity contribution in [3.63, 3.8) is 0 Å². The molecule has 0 heteroatoms. The molecule has 0 saturated carbocycles. The third-order valence-corrected chi connectivity index (χ3v) is 9.87. The molecule has 0 fully saturated rings. The van der Waals surface area contributed by atoms with Crippen LogP contribution >= 0.6 is 0 Å². The molecule has 0 radical (unpaired) electrons. The van der Waals surface area contributed by atoms with Crippen molar-refractivity contribution in [1.29, 1.82) is 0 Å². The summed E-state index contributed by atoms with van der Waals surface area (Å²) in [6.07, 6.45) is 7.94. The van der Waals surface area contributed by atoms with Crippen molar-refractivity contribution in [3.05, 3.63) is 214 Å². The first-order valence-electron chi connectivity index (χ1n) is 18.1. The molecule has 0 amide bonds. The van der Waals surface area contributed by atoms with Crippen molar-refractivity contribution < 1.29 is 0 Å². The fourth-order valence-electron chi connectivity index (χ4n) is 6.49. The number of aryl methyl sites for hydroxylation is 4. The van der Waals surface area contributed by atoms with E-state index in [1.165, 1.54) is 55.7 Å². The molecule has 4 aromatic carbocycles. The minimum absolute atomic E-state index is 0.0350. The lowest BCUT2D eigenvalue weighted by atomic mass is 9.73. The molecule has 0 spiro atoms. The smallest absolute Gasteiger partial charge is 0.0151 e. The highest BCUT2D eigenvalue weighted by atomic mass is 14.3. The van der Waals surface area contributed by atoms with Crippen LogP contribution in [0, 0.1) is 27.7 Å². The second-order valence-electron chi connectivity index (χ2n) is 15.5. The quantitative estimate of drug-likeness (QED) is 0.147. The van der Waals surface area contributed by atoms with Crippen LogP contribution in [0.4, 0.5) is 0 Å². The summed E-state index contributed by atoms with van der Waals surface area (Å²) in [5.41, 5.74) is 15.2. The van der Waals surface area contributed by atoms with E-state index in [-0.39, 0.29) is 16.2 Å². The summed E-state index contributed by atoms with van der Waals surface area (Å²) >= 11 is 0. The van der Waals surface area contributed by atoms with E-state index in [0.717, 1.165) is 11.1 Å². The van der Waals surface area contributed by atoms with Gasteiger partial charge in [-0.05, 0) is 80.5 Å². The molecule has 0 atom stereocenters. The van der Waals surface area contributed by atoms with Gasteiger partial charge in [0.2, 0.25) is 0 Å². The topological polar surface area (TPSA) is 0 Å². The lowest BCUT2D eigenvalue weighted by Crippen LogP contribution is -2.22. The Bertz CT molecular complexity index is 1800. The van der Waals surface area contributed by atoms with Gasteiger partial charge in [0.15, 0.2) is 0 Å². The molecule has 0 unspecified atom stereocenters. The van der Waals surface area contributed by atoms with Gasteiger partial charge in [-0.3, -0.25) is 0 Å². The van der Waals surface area contributed by atoms with E-state index < -0.39 is 0 Å².